The summed E-state index contributed by atoms with van der Waals surface area (Å²) < 4.78 is 0. The van der Waals surface area contributed by atoms with Crippen LogP contribution >= 0.6 is 0 Å². The van der Waals surface area contributed by atoms with Crippen LogP contribution < -0.4 is 9.80 Å². The maximum absolute atomic E-state index is 12.6. The molecule has 3 nitrogen and oxygen atoms in total. The van der Waals surface area contributed by atoms with Gasteiger partial charge in [0.2, 0.25) is 5.91 Å². The Bertz CT molecular complexity index is 514. The molecule has 0 atom stereocenters. The van der Waals surface area contributed by atoms with E-state index in [1.165, 1.54) is 18.5 Å². The van der Waals surface area contributed by atoms with E-state index in [9.17, 15) is 4.79 Å². The molecule has 0 unspecified atom stereocenters. The molecular weight excluding hydrogens is 248 g/mol. The average Bonchev–Trinajstić information content (AvgIpc) is 3.19. The highest BCUT2D eigenvalue weighted by atomic mass is 16.2. The number of hydrogen-bond donors (Lipinski definition) is 0. The highest BCUT2D eigenvalue weighted by Crippen LogP contribution is 2.40. The first-order chi connectivity index (χ1) is 9.46. The SMILES string of the molecule is CC(C)(C)CC(=O)N1CCN(C2CC2)c2ccccc21. The number of carbonyl (C=O) groups excluding carboxylic acids is 1. The van der Waals surface area contributed by atoms with Gasteiger partial charge in [0.1, 0.15) is 0 Å². The lowest BCUT2D eigenvalue weighted by molar-refractivity contribution is -0.120. The van der Waals surface area contributed by atoms with E-state index >= 15 is 0 Å². The number of carbonyl (C=O) groups is 1. The quantitative estimate of drug-likeness (QED) is 0.823. The number of rotatable bonds is 2. The fourth-order valence-corrected chi connectivity index (χ4v) is 2.96. The second kappa shape index (κ2) is 4.80. The molecular formula is C17H24N2O. The number of nitrogens with zero attached hydrogens (tertiary/aromatic N) is 2. The van der Waals surface area contributed by atoms with E-state index in [1.54, 1.807) is 0 Å². The molecule has 2 aliphatic rings. The Morgan fingerprint density at radius 1 is 1.15 bits per heavy atom. The molecule has 1 heterocycles. The largest absolute Gasteiger partial charge is 0.365 e. The minimum atomic E-state index is 0.0413. The van der Waals surface area contributed by atoms with Crippen molar-refractivity contribution in [3.8, 4) is 0 Å². The smallest absolute Gasteiger partial charge is 0.227 e. The molecule has 108 valence electrons. The Kier molecular flexibility index (Phi) is 3.23. The average molecular weight is 272 g/mol. The van der Waals surface area contributed by atoms with E-state index in [4.69, 9.17) is 0 Å². The number of benzene rings is 1. The lowest BCUT2D eigenvalue weighted by Gasteiger charge is -2.38. The fourth-order valence-electron chi connectivity index (χ4n) is 2.96. The van der Waals surface area contributed by atoms with Gasteiger partial charge < -0.3 is 9.80 Å². The third-order valence-electron chi connectivity index (χ3n) is 4.02. The van der Waals surface area contributed by atoms with Crippen molar-refractivity contribution in [1.29, 1.82) is 0 Å². The van der Waals surface area contributed by atoms with Crippen molar-refractivity contribution in [1.82, 2.24) is 0 Å². The van der Waals surface area contributed by atoms with Crippen molar-refractivity contribution in [2.75, 3.05) is 22.9 Å². The van der Waals surface area contributed by atoms with Crippen LogP contribution in [0.4, 0.5) is 11.4 Å². The summed E-state index contributed by atoms with van der Waals surface area (Å²) in [5.41, 5.74) is 2.38. The van der Waals surface area contributed by atoms with Gasteiger partial charge >= 0.3 is 0 Å². The molecule has 0 spiro atoms. The molecule has 1 aromatic rings. The second-order valence-electron chi connectivity index (χ2n) is 7.20. The van der Waals surface area contributed by atoms with Crippen LogP contribution in [0.3, 0.4) is 0 Å². The van der Waals surface area contributed by atoms with Crippen molar-refractivity contribution in [3.63, 3.8) is 0 Å². The zero-order valence-corrected chi connectivity index (χ0v) is 12.7. The van der Waals surface area contributed by atoms with E-state index in [2.05, 4.69) is 43.9 Å². The van der Waals surface area contributed by atoms with Crippen molar-refractivity contribution in [2.24, 2.45) is 5.41 Å². The summed E-state index contributed by atoms with van der Waals surface area (Å²) in [5, 5.41) is 0. The minimum Gasteiger partial charge on any atom is -0.365 e. The number of anilines is 2. The highest BCUT2D eigenvalue weighted by molar-refractivity contribution is 5.98. The molecule has 3 heteroatoms. The summed E-state index contributed by atoms with van der Waals surface area (Å²) in [6.45, 7) is 8.16. The van der Waals surface area contributed by atoms with Gasteiger partial charge in [0, 0.05) is 25.6 Å². The summed E-state index contributed by atoms with van der Waals surface area (Å²) in [6.07, 6.45) is 3.19. The van der Waals surface area contributed by atoms with E-state index in [1.807, 2.05) is 11.0 Å². The highest BCUT2D eigenvalue weighted by Gasteiger charge is 2.35. The first kappa shape index (κ1) is 13.5. The molecule has 0 bridgehead atoms. The summed E-state index contributed by atoms with van der Waals surface area (Å²) >= 11 is 0. The van der Waals surface area contributed by atoms with Crippen LogP contribution in [0.15, 0.2) is 24.3 Å². The van der Waals surface area contributed by atoms with Gasteiger partial charge in [0.15, 0.2) is 0 Å². The molecule has 20 heavy (non-hydrogen) atoms. The molecule has 0 saturated heterocycles. The summed E-state index contributed by atoms with van der Waals surface area (Å²) in [6, 6.07) is 9.06. The Labute approximate surface area is 121 Å². The monoisotopic (exact) mass is 272 g/mol. The van der Waals surface area contributed by atoms with Gasteiger partial charge in [-0.2, -0.15) is 0 Å². The Balaban J connectivity index is 1.87. The maximum atomic E-state index is 12.6. The summed E-state index contributed by atoms with van der Waals surface area (Å²) in [7, 11) is 0. The van der Waals surface area contributed by atoms with E-state index in [0.717, 1.165) is 18.8 Å². The summed E-state index contributed by atoms with van der Waals surface area (Å²) in [5.74, 6) is 0.250. The predicted octanol–water partition coefficient (Wildman–Crippen LogP) is 3.44. The third kappa shape index (κ3) is 2.67. The summed E-state index contributed by atoms with van der Waals surface area (Å²) in [4.78, 5) is 17.0. The fraction of sp³-hybridized carbons (Fsp3) is 0.588. The van der Waals surface area contributed by atoms with Gasteiger partial charge in [0.25, 0.3) is 0 Å². The molecule has 3 rings (SSSR count). The van der Waals surface area contributed by atoms with Crippen molar-refractivity contribution >= 4 is 17.3 Å². The predicted molar refractivity (Wildman–Crippen MR) is 83.2 cm³/mol. The molecule has 1 aromatic carbocycles. The Morgan fingerprint density at radius 3 is 2.40 bits per heavy atom. The lowest BCUT2D eigenvalue weighted by atomic mass is 9.91. The van der Waals surface area contributed by atoms with Crippen LogP contribution in [0, 0.1) is 5.41 Å². The molecule has 0 aromatic heterocycles. The Hall–Kier alpha value is -1.51. The van der Waals surface area contributed by atoms with Crippen molar-refractivity contribution in [3.05, 3.63) is 24.3 Å². The van der Waals surface area contributed by atoms with E-state index in [0.29, 0.717) is 12.5 Å². The van der Waals surface area contributed by atoms with Crippen LogP contribution in [0.25, 0.3) is 0 Å². The van der Waals surface area contributed by atoms with Gasteiger partial charge in [-0.05, 0) is 30.4 Å². The van der Waals surface area contributed by atoms with Crippen molar-refractivity contribution in [2.45, 2.75) is 46.1 Å². The number of fused-ring (bicyclic) bond motifs is 1. The molecule has 1 aliphatic heterocycles. The van der Waals surface area contributed by atoms with Gasteiger partial charge in [-0.1, -0.05) is 32.9 Å². The minimum absolute atomic E-state index is 0.0413. The first-order valence-electron chi connectivity index (χ1n) is 7.62. The number of hydrogen-bond acceptors (Lipinski definition) is 2. The van der Waals surface area contributed by atoms with E-state index < -0.39 is 0 Å². The molecule has 1 fully saturated rings. The van der Waals surface area contributed by atoms with Gasteiger partial charge in [0.05, 0.1) is 11.4 Å². The normalized spacial score (nSPS) is 18.9. The van der Waals surface area contributed by atoms with Crippen LogP contribution in [-0.4, -0.2) is 25.0 Å². The lowest BCUT2D eigenvalue weighted by Crippen LogP contribution is -2.45. The van der Waals surface area contributed by atoms with Crippen LogP contribution in [0.1, 0.15) is 40.0 Å². The van der Waals surface area contributed by atoms with Gasteiger partial charge in [-0.3, -0.25) is 4.79 Å². The zero-order valence-electron chi connectivity index (χ0n) is 12.7. The molecule has 0 N–H and O–H groups in total. The van der Waals surface area contributed by atoms with Crippen LogP contribution in [0.2, 0.25) is 0 Å². The second-order valence-corrected chi connectivity index (χ2v) is 7.20. The Morgan fingerprint density at radius 2 is 1.80 bits per heavy atom. The van der Waals surface area contributed by atoms with Crippen LogP contribution in [-0.2, 0) is 4.79 Å². The first-order valence-corrected chi connectivity index (χ1v) is 7.62. The zero-order chi connectivity index (χ0) is 14.3. The molecule has 1 amide bonds. The van der Waals surface area contributed by atoms with Crippen molar-refractivity contribution < 1.29 is 4.79 Å². The van der Waals surface area contributed by atoms with Crippen LogP contribution in [0.5, 0.6) is 0 Å². The van der Waals surface area contributed by atoms with E-state index in [-0.39, 0.29) is 11.3 Å². The third-order valence-corrected chi connectivity index (χ3v) is 4.02. The maximum Gasteiger partial charge on any atom is 0.227 e. The molecule has 0 radical (unpaired) electrons. The van der Waals surface area contributed by atoms with Gasteiger partial charge in [-0.15, -0.1) is 0 Å². The molecule has 1 saturated carbocycles. The standard InChI is InChI=1S/C17H24N2O/c1-17(2,3)12-16(20)19-11-10-18(13-8-9-13)14-6-4-5-7-15(14)19/h4-7,13H,8-12H2,1-3H3. The number of para-hydroxylation sites is 2. The molecule has 1 aliphatic carbocycles. The number of amides is 1. The topological polar surface area (TPSA) is 23.6 Å². The van der Waals surface area contributed by atoms with Gasteiger partial charge in [-0.25, -0.2) is 0 Å².